The average molecular weight is 288 g/mol. The van der Waals surface area contributed by atoms with Gasteiger partial charge in [0.05, 0.1) is 11.7 Å². The minimum absolute atomic E-state index is 0.319. The summed E-state index contributed by atoms with van der Waals surface area (Å²) in [5.41, 5.74) is 2.46. The molecule has 1 N–H and O–H groups in total. The Bertz CT molecular complexity index is 533. The standard InChI is InChI=1S/C17H24N2S/c1-4-10-18-16(17-13(3)7-6-11-19-17)12-15-9-8-14(5-2)20-15/h6-9,11,16,18H,4-5,10,12H2,1-3H3. The Morgan fingerprint density at radius 3 is 2.65 bits per heavy atom. The lowest BCUT2D eigenvalue weighted by Gasteiger charge is -2.19. The summed E-state index contributed by atoms with van der Waals surface area (Å²) in [7, 11) is 0. The first-order valence-corrected chi connectivity index (χ1v) is 8.28. The van der Waals surface area contributed by atoms with Crippen molar-refractivity contribution in [1.29, 1.82) is 0 Å². The van der Waals surface area contributed by atoms with Gasteiger partial charge in [-0.05, 0) is 50.1 Å². The van der Waals surface area contributed by atoms with Gasteiger partial charge in [-0.1, -0.05) is 19.9 Å². The lowest BCUT2D eigenvalue weighted by atomic mass is 10.0. The van der Waals surface area contributed by atoms with E-state index in [1.807, 2.05) is 23.6 Å². The molecule has 2 rings (SSSR count). The predicted octanol–water partition coefficient (Wildman–Crippen LogP) is 4.30. The number of rotatable bonds is 7. The van der Waals surface area contributed by atoms with Gasteiger partial charge in [-0.3, -0.25) is 4.98 Å². The second-order valence-corrected chi connectivity index (χ2v) is 6.39. The fourth-order valence-corrected chi connectivity index (χ4v) is 3.37. The number of nitrogens with zero attached hydrogens (tertiary/aromatic N) is 1. The summed E-state index contributed by atoms with van der Waals surface area (Å²) in [5, 5.41) is 3.65. The fourth-order valence-electron chi connectivity index (χ4n) is 2.37. The lowest BCUT2D eigenvalue weighted by Crippen LogP contribution is -2.25. The van der Waals surface area contributed by atoms with Crippen molar-refractivity contribution in [3.63, 3.8) is 0 Å². The van der Waals surface area contributed by atoms with Gasteiger partial charge in [-0.15, -0.1) is 11.3 Å². The van der Waals surface area contributed by atoms with Gasteiger partial charge in [0.25, 0.3) is 0 Å². The topological polar surface area (TPSA) is 24.9 Å². The van der Waals surface area contributed by atoms with E-state index in [4.69, 9.17) is 0 Å². The maximum absolute atomic E-state index is 4.60. The molecule has 2 aromatic rings. The molecule has 0 aliphatic rings. The number of hydrogen-bond donors (Lipinski definition) is 1. The molecule has 1 atom stereocenters. The van der Waals surface area contributed by atoms with E-state index in [0.29, 0.717) is 6.04 Å². The summed E-state index contributed by atoms with van der Waals surface area (Å²) in [6.45, 7) is 7.60. The molecular formula is C17H24N2S. The fraction of sp³-hybridized carbons (Fsp3) is 0.471. The van der Waals surface area contributed by atoms with Gasteiger partial charge in [0, 0.05) is 22.4 Å². The molecule has 1 unspecified atom stereocenters. The average Bonchev–Trinajstić information content (AvgIpc) is 2.92. The van der Waals surface area contributed by atoms with E-state index < -0.39 is 0 Å². The third kappa shape index (κ3) is 3.90. The molecule has 2 heterocycles. The van der Waals surface area contributed by atoms with E-state index >= 15 is 0 Å². The van der Waals surface area contributed by atoms with E-state index in [9.17, 15) is 0 Å². The Labute approximate surface area is 126 Å². The maximum atomic E-state index is 4.60. The van der Waals surface area contributed by atoms with Crippen LogP contribution in [0.5, 0.6) is 0 Å². The van der Waals surface area contributed by atoms with Crippen molar-refractivity contribution >= 4 is 11.3 Å². The van der Waals surface area contributed by atoms with Crippen LogP contribution < -0.4 is 5.32 Å². The monoisotopic (exact) mass is 288 g/mol. The highest BCUT2D eigenvalue weighted by Crippen LogP contribution is 2.24. The van der Waals surface area contributed by atoms with Crippen LogP contribution in [0.2, 0.25) is 0 Å². The number of pyridine rings is 1. The molecule has 0 aromatic carbocycles. The van der Waals surface area contributed by atoms with Crippen molar-refractivity contribution < 1.29 is 0 Å². The summed E-state index contributed by atoms with van der Waals surface area (Å²) in [6, 6.07) is 9.00. The van der Waals surface area contributed by atoms with Crippen molar-refractivity contribution in [2.75, 3.05) is 6.54 Å². The van der Waals surface area contributed by atoms with Crippen molar-refractivity contribution in [2.45, 2.75) is 46.1 Å². The van der Waals surface area contributed by atoms with Crippen LogP contribution in [0.3, 0.4) is 0 Å². The highest BCUT2D eigenvalue weighted by Gasteiger charge is 2.16. The summed E-state index contributed by atoms with van der Waals surface area (Å²) >= 11 is 1.93. The molecule has 0 bridgehead atoms. The van der Waals surface area contributed by atoms with E-state index in [0.717, 1.165) is 25.8 Å². The predicted molar refractivity (Wildman–Crippen MR) is 87.4 cm³/mol. The van der Waals surface area contributed by atoms with Crippen LogP contribution >= 0.6 is 11.3 Å². The van der Waals surface area contributed by atoms with Crippen LogP contribution in [0.25, 0.3) is 0 Å². The van der Waals surface area contributed by atoms with E-state index in [-0.39, 0.29) is 0 Å². The van der Waals surface area contributed by atoms with Crippen molar-refractivity contribution in [2.24, 2.45) is 0 Å². The largest absolute Gasteiger partial charge is 0.308 e. The zero-order chi connectivity index (χ0) is 14.4. The number of hydrogen-bond acceptors (Lipinski definition) is 3. The van der Waals surface area contributed by atoms with Gasteiger partial charge < -0.3 is 5.32 Å². The second-order valence-electron chi connectivity index (χ2n) is 5.14. The third-order valence-electron chi connectivity index (χ3n) is 3.49. The van der Waals surface area contributed by atoms with Crippen LogP contribution in [0.15, 0.2) is 30.5 Å². The number of nitrogens with one attached hydrogen (secondary N) is 1. The van der Waals surface area contributed by atoms with Gasteiger partial charge in [-0.2, -0.15) is 0 Å². The maximum Gasteiger partial charge on any atom is 0.0605 e. The van der Waals surface area contributed by atoms with E-state index in [2.05, 4.69) is 49.3 Å². The molecule has 2 aromatic heterocycles. The van der Waals surface area contributed by atoms with Crippen LogP contribution in [0, 0.1) is 6.92 Å². The summed E-state index contributed by atoms with van der Waals surface area (Å²) in [5.74, 6) is 0. The first kappa shape index (κ1) is 15.2. The molecule has 2 nitrogen and oxygen atoms in total. The highest BCUT2D eigenvalue weighted by molar-refractivity contribution is 7.11. The Balaban J connectivity index is 2.17. The molecule has 0 amide bonds. The molecule has 0 fully saturated rings. The zero-order valence-corrected chi connectivity index (χ0v) is 13.5. The Hall–Kier alpha value is -1.19. The molecule has 0 saturated carbocycles. The number of aromatic nitrogens is 1. The van der Waals surface area contributed by atoms with Gasteiger partial charge in [0.15, 0.2) is 0 Å². The zero-order valence-electron chi connectivity index (χ0n) is 12.6. The van der Waals surface area contributed by atoms with E-state index in [1.54, 1.807) is 0 Å². The summed E-state index contributed by atoms with van der Waals surface area (Å²) < 4.78 is 0. The Kier molecular flexibility index (Phi) is 5.74. The minimum atomic E-state index is 0.319. The van der Waals surface area contributed by atoms with Crippen molar-refractivity contribution in [3.8, 4) is 0 Å². The molecule has 0 aliphatic carbocycles. The van der Waals surface area contributed by atoms with Crippen molar-refractivity contribution in [3.05, 3.63) is 51.5 Å². The van der Waals surface area contributed by atoms with Crippen molar-refractivity contribution in [1.82, 2.24) is 10.3 Å². The van der Waals surface area contributed by atoms with Gasteiger partial charge in [0.1, 0.15) is 0 Å². The van der Waals surface area contributed by atoms with Gasteiger partial charge >= 0.3 is 0 Å². The number of thiophene rings is 1. The molecule has 20 heavy (non-hydrogen) atoms. The molecular weight excluding hydrogens is 264 g/mol. The molecule has 3 heteroatoms. The van der Waals surface area contributed by atoms with Crippen LogP contribution in [-0.2, 0) is 12.8 Å². The van der Waals surface area contributed by atoms with E-state index in [1.165, 1.54) is 21.0 Å². The first-order chi connectivity index (χ1) is 9.74. The lowest BCUT2D eigenvalue weighted by molar-refractivity contribution is 0.518. The number of aryl methyl sites for hydroxylation is 2. The first-order valence-electron chi connectivity index (χ1n) is 7.47. The Morgan fingerprint density at radius 1 is 1.20 bits per heavy atom. The molecule has 0 saturated heterocycles. The normalized spacial score (nSPS) is 12.6. The Morgan fingerprint density at radius 2 is 2.00 bits per heavy atom. The molecule has 0 radical (unpaired) electrons. The minimum Gasteiger partial charge on any atom is -0.308 e. The molecule has 108 valence electrons. The van der Waals surface area contributed by atoms with Crippen LogP contribution in [0.1, 0.15) is 47.3 Å². The summed E-state index contributed by atoms with van der Waals surface area (Å²) in [4.78, 5) is 7.51. The summed E-state index contributed by atoms with van der Waals surface area (Å²) in [6.07, 6.45) is 5.20. The second kappa shape index (κ2) is 7.55. The SMILES string of the molecule is CCCNC(Cc1ccc(CC)s1)c1ncccc1C. The van der Waals surface area contributed by atoms with Crippen LogP contribution in [0.4, 0.5) is 0 Å². The quantitative estimate of drug-likeness (QED) is 0.821. The highest BCUT2D eigenvalue weighted by atomic mass is 32.1. The third-order valence-corrected chi connectivity index (χ3v) is 4.74. The smallest absolute Gasteiger partial charge is 0.0605 e. The van der Waals surface area contributed by atoms with Gasteiger partial charge in [-0.25, -0.2) is 0 Å². The van der Waals surface area contributed by atoms with Crippen LogP contribution in [-0.4, -0.2) is 11.5 Å². The van der Waals surface area contributed by atoms with Gasteiger partial charge in [0.2, 0.25) is 0 Å². The molecule has 0 aliphatic heterocycles. The molecule has 0 spiro atoms.